The van der Waals surface area contributed by atoms with Crippen LogP contribution in [0.5, 0.6) is 0 Å². The van der Waals surface area contributed by atoms with Crippen molar-refractivity contribution >= 4 is 23.3 Å². The SMILES string of the molecule is CC1(C)C(=O)N(c2ccc(C#N)c(C(F)(F)F)c2)C(=O)N1Cc1ccc(/C(N)=C/NN)c(F)c1. The van der Waals surface area contributed by atoms with E-state index in [4.69, 9.17) is 16.8 Å². The summed E-state index contributed by atoms with van der Waals surface area (Å²) in [4.78, 5) is 27.9. The Morgan fingerprint density at radius 2 is 1.88 bits per heavy atom. The summed E-state index contributed by atoms with van der Waals surface area (Å²) in [5.74, 6) is 3.67. The zero-order valence-corrected chi connectivity index (χ0v) is 18.1. The van der Waals surface area contributed by atoms with E-state index in [1.807, 2.05) is 0 Å². The maximum absolute atomic E-state index is 14.5. The quantitative estimate of drug-likeness (QED) is 0.263. The Morgan fingerprint density at radius 1 is 1.21 bits per heavy atom. The minimum absolute atomic E-state index is 0.0340. The average molecular weight is 476 g/mol. The Bertz CT molecular complexity index is 1230. The summed E-state index contributed by atoms with van der Waals surface area (Å²) in [6.45, 7) is 2.66. The van der Waals surface area contributed by atoms with Crippen LogP contribution in [0.4, 0.5) is 28.0 Å². The normalized spacial score (nSPS) is 16.1. The summed E-state index contributed by atoms with van der Waals surface area (Å²) in [5.41, 5.74) is 4.64. The van der Waals surface area contributed by atoms with Crippen molar-refractivity contribution in [1.29, 1.82) is 5.26 Å². The Morgan fingerprint density at radius 3 is 2.44 bits per heavy atom. The highest BCUT2D eigenvalue weighted by Crippen LogP contribution is 2.38. The summed E-state index contributed by atoms with van der Waals surface area (Å²) in [6.07, 6.45) is -3.67. The fourth-order valence-electron chi connectivity index (χ4n) is 3.57. The number of carbonyl (C=O) groups excluding carboxylic acids is 2. The van der Waals surface area contributed by atoms with Gasteiger partial charge in [0.25, 0.3) is 5.91 Å². The van der Waals surface area contributed by atoms with Crippen LogP contribution in [0.15, 0.2) is 42.6 Å². The predicted molar refractivity (Wildman–Crippen MR) is 115 cm³/mol. The molecule has 12 heteroatoms. The van der Waals surface area contributed by atoms with Gasteiger partial charge < -0.3 is 16.1 Å². The number of amides is 3. The minimum Gasteiger partial charge on any atom is -0.397 e. The van der Waals surface area contributed by atoms with Crippen molar-refractivity contribution in [2.45, 2.75) is 32.1 Å². The summed E-state index contributed by atoms with van der Waals surface area (Å²) < 4.78 is 54.7. The van der Waals surface area contributed by atoms with Gasteiger partial charge >= 0.3 is 12.2 Å². The molecule has 34 heavy (non-hydrogen) atoms. The number of hydrogen-bond acceptors (Lipinski definition) is 6. The van der Waals surface area contributed by atoms with Crippen LogP contribution in [-0.2, 0) is 17.5 Å². The Labute approximate surface area is 192 Å². The molecule has 178 valence electrons. The largest absolute Gasteiger partial charge is 0.417 e. The molecule has 1 aliphatic rings. The van der Waals surface area contributed by atoms with Gasteiger partial charge in [0.2, 0.25) is 0 Å². The average Bonchev–Trinajstić information content (AvgIpc) is 2.92. The number of nitrogens with zero attached hydrogens (tertiary/aromatic N) is 3. The van der Waals surface area contributed by atoms with E-state index in [-0.39, 0.29) is 23.5 Å². The molecule has 0 saturated carbocycles. The number of urea groups is 1. The molecular weight excluding hydrogens is 456 g/mol. The molecule has 3 amide bonds. The first kappa shape index (κ1) is 24.5. The van der Waals surface area contributed by atoms with Crippen molar-refractivity contribution < 1.29 is 27.2 Å². The highest BCUT2D eigenvalue weighted by atomic mass is 19.4. The van der Waals surface area contributed by atoms with Gasteiger partial charge in [0.1, 0.15) is 11.4 Å². The molecule has 2 aromatic rings. The number of alkyl halides is 3. The van der Waals surface area contributed by atoms with E-state index in [1.165, 1.54) is 38.2 Å². The van der Waals surface area contributed by atoms with Crippen molar-refractivity contribution in [2.75, 3.05) is 4.90 Å². The molecule has 0 aliphatic carbocycles. The fraction of sp³-hybridized carbons (Fsp3) is 0.227. The molecule has 5 N–H and O–H groups in total. The number of nitriles is 1. The molecule has 1 saturated heterocycles. The number of halogens is 4. The third-order valence-corrected chi connectivity index (χ3v) is 5.43. The summed E-state index contributed by atoms with van der Waals surface area (Å²) >= 11 is 0. The van der Waals surface area contributed by atoms with Gasteiger partial charge in [-0.2, -0.15) is 18.4 Å². The van der Waals surface area contributed by atoms with Gasteiger partial charge in [0, 0.05) is 18.3 Å². The first-order chi connectivity index (χ1) is 15.8. The Balaban J connectivity index is 1.97. The van der Waals surface area contributed by atoms with Crippen molar-refractivity contribution in [3.63, 3.8) is 0 Å². The molecule has 0 atom stereocenters. The smallest absolute Gasteiger partial charge is 0.397 e. The Hall–Kier alpha value is -4.11. The number of nitrogens with two attached hydrogens (primary N) is 2. The van der Waals surface area contributed by atoms with Crippen LogP contribution in [0.3, 0.4) is 0 Å². The van der Waals surface area contributed by atoms with Crippen LogP contribution in [0, 0.1) is 17.1 Å². The second kappa shape index (κ2) is 8.68. The summed E-state index contributed by atoms with van der Waals surface area (Å²) in [7, 11) is 0. The maximum Gasteiger partial charge on any atom is 0.417 e. The van der Waals surface area contributed by atoms with Gasteiger partial charge in [-0.1, -0.05) is 6.07 Å². The van der Waals surface area contributed by atoms with Gasteiger partial charge in [-0.25, -0.2) is 14.1 Å². The molecule has 0 radical (unpaired) electrons. The van der Waals surface area contributed by atoms with Gasteiger partial charge in [-0.15, -0.1) is 0 Å². The second-order valence-corrected chi connectivity index (χ2v) is 7.99. The van der Waals surface area contributed by atoms with Crippen LogP contribution in [0.2, 0.25) is 0 Å². The van der Waals surface area contributed by atoms with Gasteiger partial charge in [-0.3, -0.25) is 10.6 Å². The fourth-order valence-corrected chi connectivity index (χ4v) is 3.57. The van der Waals surface area contributed by atoms with E-state index >= 15 is 0 Å². The lowest BCUT2D eigenvalue weighted by Crippen LogP contribution is -2.43. The molecule has 1 aliphatic heterocycles. The number of rotatable bonds is 5. The number of benzene rings is 2. The predicted octanol–water partition coefficient (Wildman–Crippen LogP) is 3.18. The highest BCUT2D eigenvalue weighted by molar-refractivity contribution is 6.23. The molecule has 0 aromatic heterocycles. The minimum atomic E-state index is -4.86. The molecule has 1 heterocycles. The number of imide groups is 1. The number of hydrazine groups is 1. The molecule has 0 unspecified atom stereocenters. The highest BCUT2D eigenvalue weighted by Gasteiger charge is 2.52. The number of hydrogen-bond donors (Lipinski definition) is 3. The molecule has 0 spiro atoms. The van der Waals surface area contributed by atoms with E-state index in [1.54, 1.807) is 0 Å². The number of carbonyl (C=O) groups is 2. The van der Waals surface area contributed by atoms with E-state index in [9.17, 15) is 27.2 Å². The van der Waals surface area contributed by atoms with Gasteiger partial charge in [-0.05, 0) is 49.7 Å². The molecule has 2 aromatic carbocycles. The zero-order chi connectivity index (χ0) is 25.4. The zero-order valence-electron chi connectivity index (χ0n) is 18.1. The first-order valence-electron chi connectivity index (χ1n) is 9.81. The third kappa shape index (κ3) is 4.25. The molecule has 8 nitrogen and oxygen atoms in total. The second-order valence-electron chi connectivity index (χ2n) is 7.99. The lowest BCUT2D eigenvalue weighted by Gasteiger charge is -2.27. The van der Waals surface area contributed by atoms with Crippen molar-refractivity contribution in [2.24, 2.45) is 11.6 Å². The lowest BCUT2D eigenvalue weighted by atomic mass is 10.0. The van der Waals surface area contributed by atoms with Crippen LogP contribution in [0.25, 0.3) is 5.70 Å². The molecule has 0 bridgehead atoms. The van der Waals surface area contributed by atoms with Crippen LogP contribution in [0.1, 0.15) is 36.1 Å². The first-order valence-corrected chi connectivity index (χ1v) is 9.81. The van der Waals surface area contributed by atoms with Crippen molar-refractivity contribution in [1.82, 2.24) is 10.3 Å². The maximum atomic E-state index is 14.5. The number of anilines is 1. The third-order valence-electron chi connectivity index (χ3n) is 5.43. The molecule has 3 rings (SSSR count). The van der Waals surface area contributed by atoms with Crippen LogP contribution >= 0.6 is 0 Å². The summed E-state index contributed by atoms with van der Waals surface area (Å²) in [5, 5.41) is 8.98. The molecule has 1 fully saturated rings. The van der Waals surface area contributed by atoms with E-state index in [0.29, 0.717) is 16.5 Å². The number of nitrogens with one attached hydrogen (secondary N) is 1. The van der Waals surface area contributed by atoms with E-state index in [0.717, 1.165) is 23.1 Å². The topological polar surface area (TPSA) is 128 Å². The van der Waals surface area contributed by atoms with Crippen molar-refractivity contribution in [3.8, 4) is 6.07 Å². The van der Waals surface area contributed by atoms with E-state index in [2.05, 4.69) is 5.43 Å². The van der Waals surface area contributed by atoms with E-state index < -0.39 is 40.6 Å². The monoisotopic (exact) mass is 476 g/mol. The molecular formula is C22H20F4N6O2. The van der Waals surface area contributed by atoms with Crippen LogP contribution in [-0.4, -0.2) is 22.4 Å². The lowest BCUT2D eigenvalue weighted by molar-refractivity contribution is -0.137. The Kier molecular flexibility index (Phi) is 6.26. The standard InChI is InChI=1S/C22H20F4N6O2/c1-21(2)19(33)32(14-5-4-13(9-27)16(8-14)22(24,25)26)20(34)31(21)11-12-3-6-15(17(23)7-12)18(28)10-30-29/h3-8,10,30H,11,28-29H2,1-2H3/b18-10-. The van der Waals surface area contributed by atoms with Gasteiger partial charge in [0.05, 0.1) is 28.6 Å². The summed E-state index contributed by atoms with van der Waals surface area (Å²) in [6, 6.07) is 7.14. The van der Waals surface area contributed by atoms with Crippen molar-refractivity contribution in [3.05, 3.63) is 70.7 Å². The van der Waals surface area contributed by atoms with Crippen LogP contribution < -0.4 is 21.9 Å². The van der Waals surface area contributed by atoms with Gasteiger partial charge in [0.15, 0.2) is 0 Å².